The van der Waals surface area contributed by atoms with Crippen molar-refractivity contribution in [1.82, 2.24) is 10.6 Å². The van der Waals surface area contributed by atoms with E-state index in [0.717, 1.165) is 18.4 Å². The van der Waals surface area contributed by atoms with E-state index in [-0.39, 0.29) is 24.6 Å². The van der Waals surface area contributed by atoms with Crippen molar-refractivity contribution in [3.05, 3.63) is 107 Å². The van der Waals surface area contributed by atoms with E-state index in [4.69, 9.17) is 0 Å². The number of carbonyl (C=O) groups excluding carboxylic acids is 2. The van der Waals surface area contributed by atoms with E-state index < -0.39 is 11.7 Å². The van der Waals surface area contributed by atoms with Crippen LogP contribution in [0.4, 0.5) is 4.39 Å². The maximum Gasteiger partial charge on any atom is 0.254 e. The highest BCUT2D eigenvalue weighted by Gasteiger charge is 2.12. The number of amides is 2. The van der Waals surface area contributed by atoms with E-state index in [1.54, 1.807) is 12.1 Å². The van der Waals surface area contributed by atoms with E-state index >= 15 is 0 Å². The summed E-state index contributed by atoms with van der Waals surface area (Å²) in [5.41, 5.74) is 2.82. The van der Waals surface area contributed by atoms with E-state index in [1.165, 1.54) is 23.8 Å². The van der Waals surface area contributed by atoms with Crippen LogP contribution in [-0.2, 0) is 12.8 Å². The molecule has 0 saturated heterocycles. The molecular formula is C24H23FN2O2. The SMILES string of the molecule is O=C(NCCNC(=O)c1ccccc1CCc1ccccc1)c1ccccc1F. The molecule has 0 bridgehead atoms. The maximum atomic E-state index is 13.6. The Kier molecular flexibility index (Phi) is 7.11. The predicted molar refractivity (Wildman–Crippen MR) is 111 cm³/mol. The third-order valence-corrected chi connectivity index (χ3v) is 4.60. The van der Waals surface area contributed by atoms with Crippen LogP contribution in [0.25, 0.3) is 0 Å². The Balaban J connectivity index is 1.50. The van der Waals surface area contributed by atoms with E-state index in [0.29, 0.717) is 5.56 Å². The molecule has 0 spiro atoms. The minimum absolute atomic E-state index is 0.00918. The van der Waals surface area contributed by atoms with Gasteiger partial charge in [0, 0.05) is 18.7 Å². The topological polar surface area (TPSA) is 58.2 Å². The third kappa shape index (κ3) is 5.75. The molecular weight excluding hydrogens is 367 g/mol. The zero-order chi connectivity index (χ0) is 20.5. The molecule has 3 aromatic rings. The molecule has 0 unspecified atom stereocenters. The Labute approximate surface area is 169 Å². The maximum absolute atomic E-state index is 13.6. The first-order valence-corrected chi connectivity index (χ1v) is 9.58. The van der Waals surface area contributed by atoms with Gasteiger partial charge in [-0.2, -0.15) is 0 Å². The van der Waals surface area contributed by atoms with Gasteiger partial charge in [0.2, 0.25) is 0 Å². The van der Waals surface area contributed by atoms with Crippen molar-refractivity contribution >= 4 is 11.8 Å². The number of hydrogen-bond acceptors (Lipinski definition) is 2. The van der Waals surface area contributed by atoms with Crippen LogP contribution in [-0.4, -0.2) is 24.9 Å². The average Bonchev–Trinajstić information content (AvgIpc) is 2.76. The van der Waals surface area contributed by atoms with Crippen molar-refractivity contribution in [2.75, 3.05) is 13.1 Å². The molecule has 3 aromatic carbocycles. The van der Waals surface area contributed by atoms with Gasteiger partial charge in [0.25, 0.3) is 11.8 Å². The lowest BCUT2D eigenvalue weighted by Crippen LogP contribution is -2.35. The molecule has 2 amide bonds. The molecule has 5 heteroatoms. The molecule has 4 nitrogen and oxygen atoms in total. The summed E-state index contributed by atoms with van der Waals surface area (Å²) < 4.78 is 13.6. The number of hydrogen-bond donors (Lipinski definition) is 2. The van der Waals surface area contributed by atoms with Gasteiger partial charge < -0.3 is 10.6 Å². The van der Waals surface area contributed by atoms with E-state index in [1.807, 2.05) is 36.4 Å². The Morgan fingerprint density at radius 1 is 0.655 bits per heavy atom. The van der Waals surface area contributed by atoms with Crippen LogP contribution < -0.4 is 10.6 Å². The zero-order valence-electron chi connectivity index (χ0n) is 16.0. The molecule has 0 saturated carbocycles. The fraction of sp³-hybridized carbons (Fsp3) is 0.167. The summed E-state index contributed by atoms with van der Waals surface area (Å²) in [6, 6.07) is 23.4. The summed E-state index contributed by atoms with van der Waals surface area (Å²) in [5, 5.41) is 5.43. The lowest BCUT2D eigenvalue weighted by atomic mass is 9.99. The van der Waals surface area contributed by atoms with Gasteiger partial charge in [0.15, 0.2) is 0 Å². The molecule has 0 radical (unpaired) electrons. The molecule has 0 heterocycles. The monoisotopic (exact) mass is 390 g/mol. The van der Waals surface area contributed by atoms with Gasteiger partial charge in [-0.3, -0.25) is 9.59 Å². The molecule has 0 aliphatic heterocycles. The fourth-order valence-electron chi connectivity index (χ4n) is 3.07. The second-order valence-corrected chi connectivity index (χ2v) is 6.63. The van der Waals surface area contributed by atoms with Crippen LogP contribution in [0.3, 0.4) is 0 Å². The molecule has 0 atom stereocenters. The van der Waals surface area contributed by atoms with Gasteiger partial charge in [0.1, 0.15) is 5.82 Å². The first-order valence-electron chi connectivity index (χ1n) is 9.58. The van der Waals surface area contributed by atoms with Crippen LogP contribution in [0, 0.1) is 5.82 Å². The minimum atomic E-state index is -0.568. The molecule has 29 heavy (non-hydrogen) atoms. The van der Waals surface area contributed by atoms with Gasteiger partial charge in [-0.05, 0) is 42.2 Å². The quantitative estimate of drug-likeness (QED) is 0.575. The molecule has 0 fully saturated rings. The minimum Gasteiger partial charge on any atom is -0.350 e. The summed E-state index contributed by atoms with van der Waals surface area (Å²) in [4.78, 5) is 24.6. The van der Waals surface area contributed by atoms with Crippen LogP contribution in [0.15, 0.2) is 78.9 Å². The summed E-state index contributed by atoms with van der Waals surface area (Å²) >= 11 is 0. The van der Waals surface area contributed by atoms with E-state index in [9.17, 15) is 14.0 Å². The van der Waals surface area contributed by atoms with Gasteiger partial charge >= 0.3 is 0 Å². The lowest BCUT2D eigenvalue weighted by molar-refractivity contribution is 0.0925. The summed E-state index contributed by atoms with van der Waals surface area (Å²) in [6.07, 6.45) is 1.61. The standard InChI is InChI=1S/C24H23FN2O2/c25-22-13-7-6-12-21(22)24(29)27-17-16-26-23(28)20-11-5-4-10-19(20)15-14-18-8-2-1-3-9-18/h1-13H,14-17H2,(H,26,28)(H,27,29). The van der Waals surface area contributed by atoms with Crippen LogP contribution in [0.1, 0.15) is 31.8 Å². The highest BCUT2D eigenvalue weighted by Crippen LogP contribution is 2.13. The number of nitrogens with one attached hydrogen (secondary N) is 2. The number of aryl methyl sites for hydroxylation is 2. The molecule has 2 N–H and O–H groups in total. The predicted octanol–water partition coefficient (Wildman–Crippen LogP) is 3.77. The molecule has 0 aliphatic rings. The third-order valence-electron chi connectivity index (χ3n) is 4.60. The highest BCUT2D eigenvalue weighted by molar-refractivity contribution is 5.96. The summed E-state index contributed by atoms with van der Waals surface area (Å²) in [7, 11) is 0. The van der Waals surface area contributed by atoms with Gasteiger partial charge in [-0.15, -0.1) is 0 Å². The van der Waals surface area contributed by atoms with Crippen molar-refractivity contribution in [2.45, 2.75) is 12.8 Å². The van der Waals surface area contributed by atoms with Crippen molar-refractivity contribution < 1.29 is 14.0 Å². The van der Waals surface area contributed by atoms with Crippen molar-refractivity contribution in [3.63, 3.8) is 0 Å². The first-order chi connectivity index (χ1) is 14.1. The van der Waals surface area contributed by atoms with Crippen LogP contribution in [0.2, 0.25) is 0 Å². The van der Waals surface area contributed by atoms with Crippen LogP contribution in [0.5, 0.6) is 0 Å². The molecule has 3 rings (SSSR count). The van der Waals surface area contributed by atoms with Gasteiger partial charge in [-0.25, -0.2) is 4.39 Å². The smallest absolute Gasteiger partial charge is 0.254 e. The second-order valence-electron chi connectivity index (χ2n) is 6.63. The second kappa shape index (κ2) is 10.2. The van der Waals surface area contributed by atoms with Crippen molar-refractivity contribution in [3.8, 4) is 0 Å². The van der Waals surface area contributed by atoms with Gasteiger partial charge in [-0.1, -0.05) is 60.7 Å². The Bertz CT molecular complexity index is 973. The van der Waals surface area contributed by atoms with Gasteiger partial charge in [0.05, 0.1) is 5.56 Å². The van der Waals surface area contributed by atoms with E-state index in [2.05, 4.69) is 22.8 Å². The normalized spacial score (nSPS) is 10.4. The Morgan fingerprint density at radius 3 is 1.90 bits per heavy atom. The largest absolute Gasteiger partial charge is 0.350 e. The molecule has 0 aromatic heterocycles. The summed E-state index contributed by atoms with van der Waals surface area (Å²) in [5.74, 6) is -1.25. The lowest BCUT2D eigenvalue weighted by Gasteiger charge is -2.11. The number of carbonyl (C=O) groups is 2. The first kappa shape index (κ1) is 20.3. The molecule has 148 valence electrons. The number of rotatable bonds is 8. The molecule has 0 aliphatic carbocycles. The van der Waals surface area contributed by atoms with Crippen LogP contribution >= 0.6 is 0 Å². The number of halogens is 1. The fourth-order valence-corrected chi connectivity index (χ4v) is 3.07. The average molecular weight is 390 g/mol. The Morgan fingerprint density at radius 2 is 1.21 bits per heavy atom. The highest BCUT2D eigenvalue weighted by atomic mass is 19.1. The summed E-state index contributed by atoms with van der Waals surface area (Å²) in [6.45, 7) is 0.469. The van der Waals surface area contributed by atoms with Crippen molar-refractivity contribution in [2.24, 2.45) is 0 Å². The van der Waals surface area contributed by atoms with Crippen molar-refractivity contribution in [1.29, 1.82) is 0 Å². The Hall–Kier alpha value is -3.47. The zero-order valence-corrected chi connectivity index (χ0v) is 16.0. The number of benzene rings is 3.